The predicted octanol–water partition coefficient (Wildman–Crippen LogP) is 3.19. The van der Waals surface area contributed by atoms with Crippen LogP contribution in [0.3, 0.4) is 0 Å². The fourth-order valence-electron chi connectivity index (χ4n) is 2.10. The van der Waals surface area contributed by atoms with Crippen LogP contribution in [0.1, 0.15) is 10.4 Å². The Morgan fingerprint density at radius 3 is 2.30 bits per heavy atom. The van der Waals surface area contributed by atoms with Crippen molar-refractivity contribution in [1.29, 1.82) is 0 Å². The minimum absolute atomic E-state index is 0.0911. The number of aromatic amines is 1. The number of benzene rings is 2. The summed E-state index contributed by atoms with van der Waals surface area (Å²) in [5, 5.41) is 2.57. The summed E-state index contributed by atoms with van der Waals surface area (Å²) in [4.78, 5) is 18.9. The second kappa shape index (κ2) is 5.88. The van der Waals surface area contributed by atoms with Gasteiger partial charge in [-0.05, 0) is 24.3 Å². The molecule has 0 aliphatic heterocycles. The van der Waals surface area contributed by atoms with E-state index < -0.39 is 17.5 Å². The molecule has 0 unspecified atom stereocenters. The van der Waals surface area contributed by atoms with Crippen molar-refractivity contribution in [3.8, 4) is 11.3 Å². The zero-order chi connectivity index (χ0) is 16.4. The molecule has 7 heteroatoms. The fourth-order valence-corrected chi connectivity index (χ4v) is 2.10. The summed E-state index contributed by atoms with van der Waals surface area (Å²) in [6, 6.07) is 9.47. The highest BCUT2D eigenvalue weighted by Crippen LogP contribution is 2.20. The Morgan fingerprint density at radius 2 is 1.74 bits per heavy atom. The van der Waals surface area contributed by atoms with Crippen molar-refractivity contribution in [3.63, 3.8) is 0 Å². The van der Waals surface area contributed by atoms with E-state index in [1.54, 1.807) is 30.5 Å². The van der Waals surface area contributed by atoms with Crippen LogP contribution >= 0.6 is 0 Å². The number of rotatable bonds is 3. The van der Waals surface area contributed by atoms with Gasteiger partial charge in [-0.25, -0.2) is 13.8 Å². The van der Waals surface area contributed by atoms with Gasteiger partial charge in [0, 0.05) is 29.1 Å². The number of nitrogens with one attached hydrogen (secondary N) is 2. The zero-order valence-electron chi connectivity index (χ0n) is 11.8. The molecule has 3 rings (SSSR count). The number of nitrogens with zero attached hydrogens (tertiary/aromatic N) is 1. The van der Waals surface area contributed by atoms with Crippen LogP contribution in [0.15, 0.2) is 48.7 Å². The average molecular weight is 314 g/mol. The Labute approximate surface area is 130 Å². The van der Waals surface area contributed by atoms with E-state index in [0.29, 0.717) is 23.4 Å². The van der Waals surface area contributed by atoms with Crippen molar-refractivity contribution < 1.29 is 13.6 Å². The van der Waals surface area contributed by atoms with E-state index in [-0.39, 0.29) is 5.56 Å². The van der Waals surface area contributed by atoms with E-state index in [1.807, 2.05) is 0 Å². The van der Waals surface area contributed by atoms with E-state index in [2.05, 4.69) is 15.3 Å². The number of imidazole rings is 1. The maximum atomic E-state index is 13.1. The average Bonchev–Trinajstić information content (AvgIpc) is 2.93. The normalized spacial score (nSPS) is 10.5. The van der Waals surface area contributed by atoms with Crippen LogP contribution in [0.4, 0.5) is 20.4 Å². The molecule has 1 amide bonds. The number of aromatic nitrogens is 2. The Morgan fingerprint density at radius 1 is 1.09 bits per heavy atom. The molecule has 0 aliphatic carbocycles. The van der Waals surface area contributed by atoms with E-state index in [1.165, 1.54) is 0 Å². The molecule has 0 radical (unpaired) electrons. The highest BCUT2D eigenvalue weighted by molar-refractivity contribution is 6.04. The predicted molar refractivity (Wildman–Crippen MR) is 82.7 cm³/mol. The molecule has 0 bridgehead atoms. The molecule has 0 fully saturated rings. The third kappa shape index (κ3) is 3.34. The SMILES string of the molecule is Nc1nc(-c2ccc(NC(=O)c3cc(F)cc(F)c3)cc2)c[nH]1. The van der Waals surface area contributed by atoms with Gasteiger partial charge in [-0.1, -0.05) is 12.1 Å². The lowest BCUT2D eigenvalue weighted by atomic mass is 10.1. The molecule has 116 valence electrons. The summed E-state index contributed by atoms with van der Waals surface area (Å²) in [7, 11) is 0. The largest absolute Gasteiger partial charge is 0.369 e. The highest BCUT2D eigenvalue weighted by Gasteiger charge is 2.10. The van der Waals surface area contributed by atoms with Gasteiger partial charge in [-0.2, -0.15) is 0 Å². The van der Waals surface area contributed by atoms with Crippen LogP contribution in [0.25, 0.3) is 11.3 Å². The van der Waals surface area contributed by atoms with E-state index in [9.17, 15) is 13.6 Å². The first-order valence-corrected chi connectivity index (χ1v) is 6.70. The van der Waals surface area contributed by atoms with Gasteiger partial charge < -0.3 is 16.0 Å². The smallest absolute Gasteiger partial charge is 0.255 e. The lowest BCUT2D eigenvalue weighted by Crippen LogP contribution is -2.12. The van der Waals surface area contributed by atoms with Crippen molar-refractivity contribution in [1.82, 2.24) is 9.97 Å². The van der Waals surface area contributed by atoms with Crippen LogP contribution in [0, 0.1) is 11.6 Å². The fraction of sp³-hybridized carbons (Fsp3) is 0. The van der Waals surface area contributed by atoms with E-state index >= 15 is 0 Å². The number of amides is 1. The van der Waals surface area contributed by atoms with Crippen molar-refractivity contribution in [2.24, 2.45) is 0 Å². The molecule has 0 spiro atoms. The molecule has 1 aromatic heterocycles. The van der Waals surface area contributed by atoms with Gasteiger partial charge in [0.05, 0.1) is 5.69 Å². The lowest BCUT2D eigenvalue weighted by molar-refractivity contribution is 0.102. The Balaban J connectivity index is 1.76. The Hall–Kier alpha value is -3.22. The first kappa shape index (κ1) is 14.7. The Bertz CT molecular complexity index is 839. The topological polar surface area (TPSA) is 83.8 Å². The van der Waals surface area contributed by atoms with Gasteiger partial charge in [-0.15, -0.1) is 0 Å². The minimum atomic E-state index is -0.804. The highest BCUT2D eigenvalue weighted by atomic mass is 19.1. The van der Waals surface area contributed by atoms with Gasteiger partial charge in [0.25, 0.3) is 5.91 Å². The molecule has 0 aliphatic rings. The van der Waals surface area contributed by atoms with Crippen LogP contribution in [0.2, 0.25) is 0 Å². The maximum absolute atomic E-state index is 13.1. The second-order valence-electron chi connectivity index (χ2n) is 4.86. The van der Waals surface area contributed by atoms with Gasteiger partial charge in [0.15, 0.2) is 5.95 Å². The van der Waals surface area contributed by atoms with Crippen molar-refractivity contribution in [2.45, 2.75) is 0 Å². The Kier molecular flexibility index (Phi) is 3.76. The molecule has 1 heterocycles. The third-order valence-corrected chi connectivity index (χ3v) is 3.16. The number of halogens is 2. The maximum Gasteiger partial charge on any atom is 0.255 e. The molecule has 0 atom stereocenters. The zero-order valence-corrected chi connectivity index (χ0v) is 11.8. The summed E-state index contributed by atoms with van der Waals surface area (Å²) in [5.41, 5.74) is 7.40. The van der Waals surface area contributed by atoms with Crippen molar-refractivity contribution in [2.75, 3.05) is 11.1 Å². The molecule has 0 saturated heterocycles. The lowest BCUT2D eigenvalue weighted by Gasteiger charge is -2.06. The van der Waals surface area contributed by atoms with Gasteiger partial charge in [0.1, 0.15) is 11.6 Å². The molecular weight excluding hydrogens is 302 g/mol. The summed E-state index contributed by atoms with van der Waals surface area (Å²) in [6.45, 7) is 0. The van der Waals surface area contributed by atoms with Gasteiger partial charge in [0.2, 0.25) is 0 Å². The molecule has 23 heavy (non-hydrogen) atoms. The molecule has 0 saturated carbocycles. The second-order valence-corrected chi connectivity index (χ2v) is 4.86. The molecular formula is C16H12F2N4O. The van der Waals surface area contributed by atoms with Crippen molar-refractivity contribution >= 4 is 17.5 Å². The monoisotopic (exact) mass is 314 g/mol. The number of nitrogen functional groups attached to an aromatic ring is 1. The number of hydrogen-bond acceptors (Lipinski definition) is 3. The van der Waals surface area contributed by atoms with E-state index in [4.69, 9.17) is 5.73 Å². The summed E-state index contributed by atoms with van der Waals surface area (Å²) in [6.07, 6.45) is 1.67. The molecule has 3 aromatic rings. The number of H-pyrrole nitrogens is 1. The van der Waals surface area contributed by atoms with Crippen LogP contribution in [0.5, 0.6) is 0 Å². The van der Waals surface area contributed by atoms with Gasteiger partial charge >= 0.3 is 0 Å². The van der Waals surface area contributed by atoms with Crippen LogP contribution in [-0.4, -0.2) is 15.9 Å². The standard InChI is InChI=1S/C16H12F2N4O/c17-11-5-10(6-12(18)7-11)15(23)21-13-3-1-9(2-4-13)14-8-20-16(19)22-14/h1-8H,(H,21,23)(H3,19,20,22). The first-order chi connectivity index (χ1) is 11.0. The number of nitrogens with two attached hydrogens (primary N) is 1. The number of carbonyl (C=O) groups excluding carboxylic acids is 1. The van der Waals surface area contributed by atoms with Gasteiger partial charge in [-0.3, -0.25) is 4.79 Å². The van der Waals surface area contributed by atoms with Crippen molar-refractivity contribution in [3.05, 3.63) is 65.9 Å². The molecule has 2 aromatic carbocycles. The summed E-state index contributed by atoms with van der Waals surface area (Å²) < 4.78 is 26.3. The molecule has 4 N–H and O–H groups in total. The summed E-state index contributed by atoms with van der Waals surface area (Å²) >= 11 is 0. The third-order valence-electron chi connectivity index (χ3n) is 3.16. The number of carbonyl (C=O) groups is 1. The molecule has 5 nitrogen and oxygen atoms in total. The number of anilines is 2. The van der Waals surface area contributed by atoms with Crippen LogP contribution < -0.4 is 11.1 Å². The number of hydrogen-bond donors (Lipinski definition) is 3. The van der Waals surface area contributed by atoms with Crippen LogP contribution in [-0.2, 0) is 0 Å². The first-order valence-electron chi connectivity index (χ1n) is 6.70. The van der Waals surface area contributed by atoms with E-state index in [0.717, 1.165) is 17.7 Å². The summed E-state index contributed by atoms with van der Waals surface area (Å²) in [5.74, 6) is -1.89. The minimum Gasteiger partial charge on any atom is -0.369 e. The quantitative estimate of drug-likeness (QED) is 0.694.